The van der Waals surface area contributed by atoms with E-state index in [0.29, 0.717) is 42.4 Å². The Morgan fingerprint density at radius 1 is 1.09 bits per heavy atom. The third-order valence-electron chi connectivity index (χ3n) is 6.01. The molecule has 4 rings (SSSR count). The van der Waals surface area contributed by atoms with E-state index in [0.717, 1.165) is 60.8 Å². The van der Waals surface area contributed by atoms with E-state index in [1.165, 1.54) is 11.3 Å². The number of para-hydroxylation sites is 1. The molecule has 7 heteroatoms. The number of nitrogens with zero attached hydrogens (tertiary/aromatic N) is 2. The van der Waals surface area contributed by atoms with E-state index in [9.17, 15) is 9.59 Å². The number of unbranched alkanes of at least 4 members (excludes halogenated alkanes) is 1. The van der Waals surface area contributed by atoms with Gasteiger partial charge in [-0.05, 0) is 38.7 Å². The molecule has 0 N–H and O–H groups in total. The maximum Gasteiger partial charge on any atom is 0.267 e. The molecule has 0 atom stereocenters. The van der Waals surface area contributed by atoms with Crippen molar-refractivity contribution in [1.29, 1.82) is 0 Å². The fraction of sp³-hybridized carbons (Fsp3) is 0.520. The van der Waals surface area contributed by atoms with Crippen LogP contribution < -0.4 is 10.3 Å². The quantitative estimate of drug-likeness (QED) is 0.423. The van der Waals surface area contributed by atoms with Crippen molar-refractivity contribution in [1.82, 2.24) is 9.47 Å². The minimum absolute atomic E-state index is 0.0269. The molecule has 1 aliphatic heterocycles. The SMILES string of the molecule is CCCCn1c(=O)c2c(OCCOCC)c(C(=O)N3CCCCC3)sc2c2ccccc21. The van der Waals surface area contributed by atoms with Crippen molar-refractivity contribution < 1.29 is 14.3 Å². The van der Waals surface area contributed by atoms with Crippen LogP contribution in [0.4, 0.5) is 0 Å². The lowest BCUT2D eigenvalue weighted by Crippen LogP contribution is -2.35. The number of likely N-dealkylation sites (tertiary alicyclic amines) is 1. The third kappa shape index (κ3) is 4.41. The molecule has 0 spiro atoms. The van der Waals surface area contributed by atoms with E-state index in [4.69, 9.17) is 9.47 Å². The summed E-state index contributed by atoms with van der Waals surface area (Å²) in [4.78, 5) is 29.6. The molecule has 172 valence electrons. The average Bonchev–Trinajstić information content (AvgIpc) is 3.22. The molecule has 6 nitrogen and oxygen atoms in total. The summed E-state index contributed by atoms with van der Waals surface area (Å²) < 4.78 is 14.2. The van der Waals surface area contributed by atoms with Crippen LogP contribution in [-0.2, 0) is 11.3 Å². The van der Waals surface area contributed by atoms with Crippen LogP contribution in [0.2, 0.25) is 0 Å². The molecule has 1 aromatic carbocycles. The number of rotatable bonds is 9. The zero-order valence-corrected chi connectivity index (χ0v) is 19.8. The van der Waals surface area contributed by atoms with Gasteiger partial charge in [0.1, 0.15) is 16.9 Å². The number of piperidine rings is 1. The lowest BCUT2D eigenvalue weighted by molar-refractivity contribution is 0.0720. The zero-order chi connectivity index (χ0) is 22.5. The molecule has 0 saturated carbocycles. The molecule has 3 aromatic rings. The van der Waals surface area contributed by atoms with Crippen molar-refractivity contribution in [2.24, 2.45) is 0 Å². The molecule has 1 saturated heterocycles. The summed E-state index contributed by atoms with van der Waals surface area (Å²) in [5.41, 5.74) is 0.838. The van der Waals surface area contributed by atoms with Gasteiger partial charge in [0, 0.05) is 31.6 Å². The van der Waals surface area contributed by atoms with Crippen LogP contribution in [0.25, 0.3) is 21.0 Å². The van der Waals surface area contributed by atoms with E-state index in [1.807, 2.05) is 40.7 Å². The standard InChI is InChI=1S/C25H32N2O4S/c1-3-5-15-27-19-12-8-7-11-18(19)22-20(24(27)28)21(31-17-16-30-4-2)23(32-22)25(29)26-13-9-6-10-14-26/h7-8,11-12H,3-6,9-10,13-17H2,1-2H3. The number of hydrogen-bond donors (Lipinski definition) is 0. The number of thiophene rings is 1. The lowest BCUT2D eigenvalue weighted by atomic mass is 10.1. The number of aromatic nitrogens is 1. The third-order valence-corrected chi connectivity index (χ3v) is 7.21. The topological polar surface area (TPSA) is 60.8 Å². The highest BCUT2D eigenvalue weighted by atomic mass is 32.1. The summed E-state index contributed by atoms with van der Waals surface area (Å²) >= 11 is 1.40. The van der Waals surface area contributed by atoms with Crippen molar-refractivity contribution in [3.05, 3.63) is 39.5 Å². The van der Waals surface area contributed by atoms with Crippen molar-refractivity contribution in [3.8, 4) is 5.75 Å². The molecule has 1 fully saturated rings. The van der Waals surface area contributed by atoms with E-state index in [2.05, 4.69) is 6.92 Å². The molecule has 32 heavy (non-hydrogen) atoms. The van der Waals surface area contributed by atoms with Gasteiger partial charge in [0.05, 0.1) is 16.8 Å². The average molecular weight is 457 g/mol. The Kier molecular flexibility index (Phi) is 7.48. The van der Waals surface area contributed by atoms with Gasteiger partial charge in [-0.25, -0.2) is 0 Å². The molecule has 1 amide bonds. The van der Waals surface area contributed by atoms with Gasteiger partial charge >= 0.3 is 0 Å². The minimum Gasteiger partial charge on any atom is -0.489 e. The van der Waals surface area contributed by atoms with Crippen LogP contribution in [0.1, 0.15) is 55.6 Å². The number of hydrogen-bond acceptors (Lipinski definition) is 5. The van der Waals surface area contributed by atoms with Crippen molar-refractivity contribution >= 4 is 38.2 Å². The number of benzene rings is 1. The Hall–Kier alpha value is -2.38. The van der Waals surface area contributed by atoms with Gasteiger partial charge in [-0.15, -0.1) is 11.3 Å². The number of fused-ring (bicyclic) bond motifs is 3. The van der Waals surface area contributed by atoms with Crippen molar-refractivity contribution in [3.63, 3.8) is 0 Å². The van der Waals surface area contributed by atoms with Gasteiger partial charge in [0.25, 0.3) is 11.5 Å². The summed E-state index contributed by atoms with van der Waals surface area (Å²) in [5.74, 6) is 0.405. The van der Waals surface area contributed by atoms with Gasteiger partial charge in [-0.3, -0.25) is 9.59 Å². The maximum absolute atomic E-state index is 13.7. The number of carbonyl (C=O) groups is 1. The lowest BCUT2D eigenvalue weighted by Gasteiger charge is -2.26. The summed E-state index contributed by atoms with van der Waals surface area (Å²) in [5, 5.41) is 1.53. The summed E-state index contributed by atoms with van der Waals surface area (Å²) in [6.07, 6.45) is 5.10. The van der Waals surface area contributed by atoms with Crippen LogP contribution in [0.5, 0.6) is 5.75 Å². The van der Waals surface area contributed by atoms with Crippen molar-refractivity contribution in [2.75, 3.05) is 32.9 Å². The van der Waals surface area contributed by atoms with E-state index in [-0.39, 0.29) is 11.5 Å². The van der Waals surface area contributed by atoms with Crippen LogP contribution in [0, 0.1) is 0 Å². The van der Waals surface area contributed by atoms with Gasteiger partial charge in [0.2, 0.25) is 0 Å². The highest BCUT2D eigenvalue weighted by Gasteiger charge is 2.28. The van der Waals surface area contributed by atoms with Crippen LogP contribution in [0.15, 0.2) is 29.1 Å². The predicted molar refractivity (Wildman–Crippen MR) is 130 cm³/mol. The number of carbonyl (C=O) groups excluding carboxylic acids is 1. The maximum atomic E-state index is 13.7. The molecule has 0 aliphatic carbocycles. The van der Waals surface area contributed by atoms with Crippen LogP contribution in [-0.4, -0.2) is 48.3 Å². The van der Waals surface area contributed by atoms with E-state index < -0.39 is 0 Å². The Morgan fingerprint density at radius 2 is 1.88 bits per heavy atom. The van der Waals surface area contributed by atoms with Gasteiger partial charge in [-0.1, -0.05) is 31.5 Å². The first kappa shape index (κ1) is 22.8. The molecule has 1 aliphatic rings. The number of amides is 1. The molecular formula is C25H32N2O4S. The van der Waals surface area contributed by atoms with Gasteiger partial charge in [-0.2, -0.15) is 0 Å². The van der Waals surface area contributed by atoms with Gasteiger partial charge in [0.15, 0.2) is 5.75 Å². The highest BCUT2D eigenvalue weighted by Crippen LogP contribution is 2.40. The monoisotopic (exact) mass is 456 g/mol. The molecular weight excluding hydrogens is 424 g/mol. The molecule has 0 bridgehead atoms. The summed E-state index contributed by atoms with van der Waals surface area (Å²) in [6.45, 7) is 7.54. The molecule has 2 aromatic heterocycles. The number of ether oxygens (including phenoxy) is 2. The number of aryl methyl sites for hydroxylation is 1. The van der Waals surface area contributed by atoms with Crippen LogP contribution in [0.3, 0.4) is 0 Å². The normalized spacial score (nSPS) is 14.4. The van der Waals surface area contributed by atoms with Gasteiger partial charge < -0.3 is 18.9 Å². The number of pyridine rings is 1. The smallest absolute Gasteiger partial charge is 0.267 e. The Bertz CT molecular complexity index is 1140. The Labute approximate surface area is 192 Å². The van der Waals surface area contributed by atoms with E-state index >= 15 is 0 Å². The first-order chi connectivity index (χ1) is 15.7. The summed E-state index contributed by atoms with van der Waals surface area (Å²) in [6, 6.07) is 7.98. The second kappa shape index (κ2) is 10.5. The molecule has 0 radical (unpaired) electrons. The van der Waals surface area contributed by atoms with Crippen molar-refractivity contribution in [2.45, 2.75) is 52.5 Å². The first-order valence-electron chi connectivity index (χ1n) is 11.7. The largest absolute Gasteiger partial charge is 0.489 e. The Morgan fingerprint density at radius 3 is 2.62 bits per heavy atom. The first-order valence-corrected chi connectivity index (χ1v) is 12.6. The second-order valence-electron chi connectivity index (χ2n) is 8.19. The molecule has 0 unspecified atom stereocenters. The predicted octanol–water partition coefficient (Wildman–Crippen LogP) is 5.06. The summed E-state index contributed by atoms with van der Waals surface area (Å²) in [7, 11) is 0. The molecule has 3 heterocycles. The van der Waals surface area contributed by atoms with E-state index in [1.54, 1.807) is 0 Å². The fourth-order valence-electron chi connectivity index (χ4n) is 4.35. The second-order valence-corrected chi connectivity index (χ2v) is 9.21. The minimum atomic E-state index is -0.0764. The fourth-order valence-corrected chi connectivity index (χ4v) is 5.59. The zero-order valence-electron chi connectivity index (χ0n) is 19.0. The van der Waals surface area contributed by atoms with Crippen LogP contribution >= 0.6 is 11.3 Å². The Balaban J connectivity index is 1.90. The highest BCUT2D eigenvalue weighted by molar-refractivity contribution is 7.22.